The van der Waals surface area contributed by atoms with Gasteiger partial charge in [-0.3, -0.25) is 9.69 Å². The Morgan fingerprint density at radius 2 is 1.92 bits per heavy atom. The first kappa shape index (κ1) is 15.9. The van der Waals surface area contributed by atoms with Crippen LogP contribution in [0.4, 0.5) is 10.2 Å². The maximum absolute atomic E-state index is 13.7. The number of nitrogens with zero attached hydrogens (tertiary/aromatic N) is 2. The van der Waals surface area contributed by atoms with Gasteiger partial charge in [0, 0.05) is 12.6 Å². The molecule has 0 aliphatic heterocycles. The van der Waals surface area contributed by atoms with E-state index in [0.717, 1.165) is 0 Å². The molecule has 1 amide bonds. The van der Waals surface area contributed by atoms with E-state index in [0.29, 0.717) is 30.1 Å². The third kappa shape index (κ3) is 3.87. The van der Waals surface area contributed by atoms with E-state index in [1.54, 1.807) is 59.8 Å². The number of carbonyl (C=O) groups excluding carboxylic acids is 1. The molecule has 1 aromatic carbocycles. The number of furan rings is 1. The summed E-state index contributed by atoms with van der Waals surface area (Å²) in [4.78, 5) is 18.5. The highest BCUT2D eigenvalue weighted by atomic mass is 19.1. The van der Waals surface area contributed by atoms with Crippen LogP contribution in [0.3, 0.4) is 0 Å². The summed E-state index contributed by atoms with van der Waals surface area (Å²) in [6.45, 7) is 0.292. The second kappa shape index (κ2) is 7.55. The van der Waals surface area contributed by atoms with Crippen molar-refractivity contribution in [3.05, 3.63) is 84.2 Å². The van der Waals surface area contributed by atoms with Crippen LogP contribution < -0.4 is 4.90 Å². The van der Waals surface area contributed by atoms with Gasteiger partial charge in [-0.25, -0.2) is 9.37 Å². The fourth-order valence-corrected chi connectivity index (χ4v) is 2.45. The molecule has 0 unspecified atom stereocenters. The van der Waals surface area contributed by atoms with Crippen molar-refractivity contribution in [3.63, 3.8) is 0 Å². The first-order valence-electron chi connectivity index (χ1n) is 7.71. The second-order valence-corrected chi connectivity index (χ2v) is 5.34. The van der Waals surface area contributed by atoms with Gasteiger partial charge in [0.15, 0.2) is 0 Å². The summed E-state index contributed by atoms with van der Waals surface area (Å²) in [6, 6.07) is 15.5. The Morgan fingerprint density at radius 1 is 1.08 bits per heavy atom. The smallest absolute Gasteiger partial charge is 0.228 e. The Morgan fingerprint density at radius 3 is 2.62 bits per heavy atom. The molecule has 122 valence electrons. The van der Waals surface area contributed by atoms with Crippen molar-refractivity contribution >= 4 is 11.7 Å². The van der Waals surface area contributed by atoms with Gasteiger partial charge < -0.3 is 4.42 Å². The molecular weight excluding hydrogens is 307 g/mol. The molecule has 2 aromatic heterocycles. The number of amides is 1. The molecule has 0 aliphatic rings. The number of hydrogen-bond acceptors (Lipinski definition) is 3. The van der Waals surface area contributed by atoms with Gasteiger partial charge in [-0.1, -0.05) is 24.3 Å². The summed E-state index contributed by atoms with van der Waals surface area (Å²) in [7, 11) is 0. The zero-order valence-electron chi connectivity index (χ0n) is 13.1. The number of carbonyl (C=O) groups is 1. The van der Waals surface area contributed by atoms with E-state index in [-0.39, 0.29) is 18.1 Å². The number of anilines is 1. The molecule has 0 fully saturated rings. The predicted octanol–water partition coefficient (Wildman–Crippen LogP) is 3.98. The third-order valence-electron chi connectivity index (χ3n) is 3.69. The normalized spacial score (nSPS) is 10.5. The maximum Gasteiger partial charge on any atom is 0.228 e. The lowest BCUT2D eigenvalue weighted by Gasteiger charge is -2.20. The Bertz CT molecular complexity index is 788. The maximum atomic E-state index is 13.7. The SMILES string of the molecule is O=C(CCc1ccccc1F)N(Cc1ccco1)c1ccccn1. The van der Waals surface area contributed by atoms with Gasteiger partial charge in [0.25, 0.3) is 0 Å². The minimum absolute atomic E-state index is 0.131. The molecule has 0 spiro atoms. The molecule has 2 heterocycles. The van der Waals surface area contributed by atoms with E-state index in [2.05, 4.69) is 4.98 Å². The predicted molar refractivity (Wildman–Crippen MR) is 88.9 cm³/mol. The van der Waals surface area contributed by atoms with Crippen molar-refractivity contribution in [2.75, 3.05) is 4.90 Å². The molecule has 24 heavy (non-hydrogen) atoms. The average molecular weight is 324 g/mol. The minimum Gasteiger partial charge on any atom is -0.467 e. The van der Waals surface area contributed by atoms with E-state index in [1.165, 1.54) is 6.07 Å². The molecule has 4 nitrogen and oxygen atoms in total. The summed E-state index contributed by atoms with van der Waals surface area (Å²) in [5.41, 5.74) is 0.532. The van der Waals surface area contributed by atoms with Crippen molar-refractivity contribution in [1.29, 1.82) is 0 Å². The van der Waals surface area contributed by atoms with Gasteiger partial charge in [-0.15, -0.1) is 0 Å². The van der Waals surface area contributed by atoms with Gasteiger partial charge in [-0.2, -0.15) is 0 Å². The second-order valence-electron chi connectivity index (χ2n) is 5.34. The molecule has 0 N–H and O–H groups in total. The van der Waals surface area contributed by atoms with Crippen LogP contribution in [0, 0.1) is 5.82 Å². The number of rotatable bonds is 6. The minimum atomic E-state index is -0.291. The highest BCUT2D eigenvalue weighted by Crippen LogP contribution is 2.17. The number of benzene rings is 1. The van der Waals surface area contributed by atoms with Crippen LogP contribution in [0.25, 0.3) is 0 Å². The van der Waals surface area contributed by atoms with E-state index in [1.807, 2.05) is 6.07 Å². The first-order chi connectivity index (χ1) is 11.7. The van der Waals surface area contributed by atoms with E-state index >= 15 is 0 Å². The summed E-state index contributed by atoms with van der Waals surface area (Å²) >= 11 is 0. The Kier molecular flexibility index (Phi) is 5.01. The Hall–Kier alpha value is -2.95. The largest absolute Gasteiger partial charge is 0.467 e. The molecule has 0 atom stereocenters. The highest BCUT2D eigenvalue weighted by Gasteiger charge is 2.18. The molecular formula is C19H17FN2O2. The quantitative estimate of drug-likeness (QED) is 0.689. The van der Waals surface area contributed by atoms with Gasteiger partial charge in [0.1, 0.15) is 17.4 Å². The zero-order chi connectivity index (χ0) is 16.8. The molecule has 3 rings (SSSR count). The molecule has 0 aliphatic carbocycles. The van der Waals surface area contributed by atoms with Crippen LogP contribution >= 0.6 is 0 Å². The first-order valence-corrected chi connectivity index (χ1v) is 7.71. The summed E-state index contributed by atoms with van der Waals surface area (Å²) in [5, 5.41) is 0. The van der Waals surface area contributed by atoms with Crippen LogP contribution in [0.15, 0.2) is 71.5 Å². The standard InChI is InChI=1S/C19H17FN2O2/c20-17-8-2-1-6-15(17)10-11-19(23)22(14-16-7-5-13-24-16)18-9-3-4-12-21-18/h1-9,12-13H,10-11,14H2. The number of halogens is 1. The van der Waals surface area contributed by atoms with E-state index in [4.69, 9.17) is 4.42 Å². The van der Waals surface area contributed by atoms with Gasteiger partial charge >= 0.3 is 0 Å². The molecule has 0 radical (unpaired) electrons. The molecule has 0 bridgehead atoms. The number of hydrogen-bond donors (Lipinski definition) is 0. The van der Waals surface area contributed by atoms with E-state index in [9.17, 15) is 9.18 Å². The Balaban J connectivity index is 1.75. The average Bonchev–Trinajstić information content (AvgIpc) is 3.13. The van der Waals surface area contributed by atoms with Crippen LogP contribution in [0.1, 0.15) is 17.7 Å². The molecule has 0 saturated heterocycles. The number of aryl methyl sites for hydroxylation is 1. The molecule has 3 aromatic rings. The van der Waals surface area contributed by atoms with E-state index < -0.39 is 0 Å². The fourth-order valence-electron chi connectivity index (χ4n) is 2.45. The topological polar surface area (TPSA) is 46.3 Å². The van der Waals surface area contributed by atoms with Crippen LogP contribution in [0.5, 0.6) is 0 Å². The molecule has 5 heteroatoms. The molecule has 0 saturated carbocycles. The van der Waals surface area contributed by atoms with Crippen molar-refractivity contribution in [2.45, 2.75) is 19.4 Å². The summed E-state index contributed by atoms with van der Waals surface area (Å²) < 4.78 is 19.1. The Labute approximate surface area is 139 Å². The highest BCUT2D eigenvalue weighted by molar-refractivity contribution is 5.92. The van der Waals surface area contributed by atoms with Crippen molar-refractivity contribution in [2.24, 2.45) is 0 Å². The summed E-state index contributed by atoms with van der Waals surface area (Å²) in [6.07, 6.45) is 3.73. The fraction of sp³-hybridized carbons (Fsp3) is 0.158. The van der Waals surface area contributed by atoms with Gasteiger partial charge in [0.2, 0.25) is 5.91 Å². The van der Waals surface area contributed by atoms with Crippen molar-refractivity contribution in [1.82, 2.24) is 4.98 Å². The van der Waals surface area contributed by atoms with Crippen molar-refractivity contribution < 1.29 is 13.6 Å². The monoisotopic (exact) mass is 324 g/mol. The van der Waals surface area contributed by atoms with Crippen LogP contribution in [-0.2, 0) is 17.8 Å². The van der Waals surface area contributed by atoms with Gasteiger partial charge in [0.05, 0.1) is 12.8 Å². The van der Waals surface area contributed by atoms with Crippen LogP contribution in [-0.4, -0.2) is 10.9 Å². The van der Waals surface area contributed by atoms with Crippen LogP contribution in [0.2, 0.25) is 0 Å². The van der Waals surface area contributed by atoms with Gasteiger partial charge in [-0.05, 0) is 42.3 Å². The summed E-state index contributed by atoms with van der Waals surface area (Å²) in [5.74, 6) is 0.793. The third-order valence-corrected chi connectivity index (χ3v) is 3.69. The number of pyridine rings is 1. The number of aromatic nitrogens is 1. The lowest BCUT2D eigenvalue weighted by Crippen LogP contribution is -2.31. The van der Waals surface area contributed by atoms with Crippen molar-refractivity contribution in [3.8, 4) is 0 Å². The lowest BCUT2D eigenvalue weighted by atomic mass is 10.1. The zero-order valence-corrected chi connectivity index (χ0v) is 13.1. The lowest BCUT2D eigenvalue weighted by molar-refractivity contribution is -0.118.